The lowest BCUT2D eigenvalue weighted by molar-refractivity contribution is 0.530. The molecule has 1 aliphatic carbocycles. The quantitative estimate of drug-likeness (QED) is 0.292. The van der Waals surface area contributed by atoms with Crippen LogP contribution in [-0.4, -0.2) is 29.2 Å². The summed E-state index contributed by atoms with van der Waals surface area (Å²) in [6.07, 6.45) is 22.5. The van der Waals surface area contributed by atoms with Crippen molar-refractivity contribution < 1.29 is 0 Å². The zero-order chi connectivity index (χ0) is 22.2. The molecule has 1 rings (SSSR count). The third kappa shape index (κ3) is 12.5. The topological polar surface area (TPSA) is 0 Å². The van der Waals surface area contributed by atoms with Crippen molar-refractivity contribution in [1.82, 2.24) is 0 Å². The van der Waals surface area contributed by atoms with E-state index in [9.17, 15) is 0 Å². The molecular weight excluding hydrogens is 481 g/mol. The molecule has 0 aromatic rings. The van der Waals surface area contributed by atoms with Gasteiger partial charge in [0.05, 0.1) is 19.5 Å². The van der Waals surface area contributed by atoms with Gasteiger partial charge in [0.1, 0.15) is 0 Å². The highest BCUT2D eigenvalue weighted by Crippen LogP contribution is 2.15. The highest BCUT2D eigenvalue weighted by Gasteiger charge is 2.20. The Kier molecular flexibility index (Phi) is 17.2. The van der Waals surface area contributed by atoms with E-state index in [2.05, 4.69) is 0 Å². The molecule has 0 aromatic carbocycles. The van der Waals surface area contributed by atoms with Crippen molar-refractivity contribution in [3.8, 4) is 0 Å². The second kappa shape index (κ2) is 18.0. The molecule has 0 heterocycles. The van der Waals surface area contributed by atoms with E-state index in [1.165, 1.54) is 89.9 Å². The van der Waals surface area contributed by atoms with Gasteiger partial charge >= 0.3 is 0 Å². The van der Waals surface area contributed by atoms with E-state index in [1.807, 2.05) is 0 Å². The van der Waals surface area contributed by atoms with E-state index in [4.69, 9.17) is 73.3 Å². The van der Waals surface area contributed by atoms with Gasteiger partial charge in [-0.3, -0.25) is 0 Å². The van der Waals surface area contributed by atoms with Crippen molar-refractivity contribution in [3.63, 3.8) is 0 Å². The summed E-state index contributed by atoms with van der Waals surface area (Å²) in [4.78, 5) is 3.47. The van der Waals surface area contributed by atoms with Gasteiger partial charge in [0, 0.05) is 9.73 Å². The van der Waals surface area contributed by atoms with Crippen LogP contribution in [0.3, 0.4) is 0 Å². The third-order valence-electron chi connectivity index (χ3n) is 5.68. The molecule has 0 N–H and O–H groups in total. The average molecular weight is 517 g/mol. The van der Waals surface area contributed by atoms with E-state index < -0.39 is 0 Å². The highest BCUT2D eigenvalue weighted by molar-refractivity contribution is 8.02. The predicted octanol–water partition coefficient (Wildman–Crippen LogP) is 9.24. The lowest BCUT2D eigenvalue weighted by Crippen LogP contribution is -2.32. The molecule has 0 aliphatic heterocycles. The lowest BCUT2D eigenvalue weighted by atomic mass is 10.0. The first-order valence-corrected chi connectivity index (χ1v) is 14.1. The van der Waals surface area contributed by atoms with Crippen LogP contribution in [0.2, 0.25) is 0 Å². The molecule has 6 heteroatoms. The maximum atomic E-state index is 5.52. The van der Waals surface area contributed by atoms with E-state index in [0.717, 1.165) is 35.4 Å². The van der Waals surface area contributed by atoms with Crippen molar-refractivity contribution in [2.24, 2.45) is 0 Å². The molecule has 0 saturated heterocycles. The smallest absolute Gasteiger partial charge is 0.0764 e. The maximum Gasteiger partial charge on any atom is 0.0764 e. The van der Waals surface area contributed by atoms with Crippen LogP contribution < -0.4 is 0 Å². The Morgan fingerprint density at radius 1 is 0.267 bits per heavy atom. The minimum atomic E-state index is 0.451. The third-order valence-corrected chi connectivity index (χ3v) is 8.86. The Morgan fingerprint density at radius 2 is 0.467 bits per heavy atom. The molecule has 0 amide bonds. The van der Waals surface area contributed by atoms with Crippen LogP contribution in [0.1, 0.15) is 116 Å². The minimum absolute atomic E-state index is 0.451. The summed E-state index contributed by atoms with van der Waals surface area (Å²) in [7, 11) is 0. The second-order valence-corrected chi connectivity index (χ2v) is 10.9. The standard InChI is InChI=1S/C24H36S6/c25-19-17-15-13-11-9-7-5-3-1-2-4-6-8-10-12-14-16-18-20(26)22(28)24(30)23(29)21(19)27/h1-18H2. The fourth-order valence-electron chi connectivity index (χ4n) is 3.73. The highest BCUT2D eigenvalue weighted by atomic mass is 32.1. The first-order valence-electron chi connectivity index (χ1n) is 11.7. The van der Waals surface area contributed by atoms with Crippen molar-refractivity contribution in [1.29, 1.82) is 0 Å². The molecule has 0 aromatic heterocycles. The molecule has 0 nitrogen and oxygen atoms in total. The Hall–Kier alpha value is 0.540. The van der Waals surface area contributed by atoms with Crippen LogP contribution in [0, 0.1) is 0 Å². The molecule has 0 atom stereocenters. The van der Waals surface area contributed by atoms with Crippen LogP contribution in [0.4, 0.5) is 0 Å². The normalized spacial score (nSPS) is 22.0. The molecule has 1 aliphatic rings. The van der Waals surface area contributed by atoms with E-state index in [0.29, 0.717) is 19.5 Å². The number of thiocarbonyl (C=S) groups is 6. The van der Waals surface area contributed by atoms with Crippen LogP contribution in [-0.2, 0) is 0 Å². The molecule has 0 unspecified atom stereocenters. The van der Waals surface area contributed by atoms with Gasteiger partial charge in [-0.05, 0) is 25.7 Å². The summed E-state index contributed by atoms with van der Waals surface area (Å²) in [5, 5.41) is 0. The van der Waals surface area contributed by atoms with Crippen LogP contribution in [0.5, 0.6) is 0 Å². The van der Waals surface area contributed by atoms with Crippen LogP contribution in [0.25, 0.3) is 0 Å². The van der Waals surface area contributed by atoms with Crippen molar-refractivity contribution >= 4 is 102 Å². The Labute approximate surface area is 216 Å². The van der Waals surface area contributed by atoms with Gasteiger partial charge in [0.2, 0.25) is 0 Å². The Balaban J connectivity index is 2.53. The summed E-state index contributed by atoms with van der Waals surface area (Å²) in [6, 6.07) is 0. The molecule has 168 valence electrons. The largest absolute Gasteiger partial charge is 0.0833 e. The van der Waals surface area contributed by atoms with Gasteiger partial charge in [-0.25, -0.2) is 0 Å². The van der Waals surface area contributed by atoms with Gasteiger partial charge in [0.15, 0.2) is 0 Å². The molecule has 1 fully saturated rings. The first-order chi connectivity index (χ1) is 14.4. The summed E-state index contributed by atoms with van der Waals surface area (Å²) < 4.78 is 0. The monoisotopic (exact) mass is 516 g/mol. The Bertz CT molecular complexity index is 565. The summed E-state index contributed by atoms with van der Waals surface area (Å²) in [5.74, 6) is 0. The summed E-state index contributed by atoms with van der Waals surface area (Å²) in [6.45, 7) is 0. The molecule has 0 bridgehead atoms. The van der Waals surface area contributed by atoms with Gasteiger partial charge in [0.25, 0.3) is 0 Å². The first kappa shape index (κ1) is 28.6. The molecule has 1 saturated carbocycles. The summed E-state index contributed by atoms with van der Waals surface area (Å²) >= 11 is 33.1. The van der Waals surface area contributed by atoms with Crippen LogP contribution >= 0.6 is 73.3 Å². The van der Waals surface area contributed by atoms with Crippen molar-refractivity contribution in [3.05, 3.63) is 0 Å². The molecule has 30 heavy (non-hydrogen) atoms. The fourth-order valence-corrected chi connectivity index (χ4v) is 5.34. The van der Waals surface area contributed by atoms with Crippen LogP contribution in [0.15, 0.2) is 0 Å². The molecule has 0 radical (unpaired) electrons. The Morgan fingerprint density at radius 3 is 0.700 bits per heavy atom. The zero-order valence-electron chi connectivity index (χ0n) is 18.2. The SMILES string of the molecule is S=C1CCCCCCCCCCCCCCCCCCC(=S)C(=S)C(=S)C(=S)C1=S. The lowest BCUT2D eigenvalue weighted by Gasteiger charge is -2.11. The van der Waals surface area contributed by atoms with Gasteiger partial charge in [-0.2, -0.15) is 0 Å². The van der Waals surface area contributed by atoms with Gasteiger partial charge in [-0.15, -0.1) is 0 Å². The summed E-state index contributed by atoms with van der Waals surface area (Å²) in [5.41, 5.74) is 0. The van der Waals surface area contributed by atoms with Crippen molar-refractivity contribution in [2.45, 2.75) is 116 Å². The molecular formula is C24H36S6. The van der Waals surface area contributed by atoms with Gasteiger partial charge < -0.3 is 0 Å². The van der Waals surface area contributed by atoms with E-state index in [-0.39, 0.29) is 0 Å². The molecule has 0 spiro atoms. The number of hydrogen-bond acceptors (Lipinski definition) is 6. The van der Waals surface area contributed by atoms with E-state index in [1.54, 1.807) is 0 Å². The van der Waals surface area contributed by atoms with E-state index >= 15 is 0 Å². The second-order valence-electron chi connectivity index (χ2n) is 8.32. The fraction of sp³-hybridized carbons (Fsp3) is 0.750. The average Bonchev–Trinajstić information content (AvgIpc) is 2.75. The minimum Gasteiger partial charge on any atom is -0.0833 e. The van der Waals surface area contributed by atoms with Crippen molar-refractivity contribution in [2.75, 3.05) is 0 Å². The predicted molar refractivity (Wildman–Crippen MR) is 159 cm³/mol. The maximum absolute atomic E-state index is 5.52. The van der Waals surface area contributed by atoms with Gasteiger partial charge in [-0.1, -0.05) is 163 Å². The zero-order valence-corrected chi connectivity index (χ0v) is 23.1. The number of hydrogen-bond donors (Lipinski definition) is 0. The number of rotatable bonds is 0.